The van der Waals surface area contributed by atoms with Crippen LogP contribution in [0.15, 0.2) is 12.7 Å². The first kappa shape index (κ1) is 13.0. The van der Waals surface area contributed by atoms with Gasteiger partial charge in [-0.3, -0.25) is 4.79 Å². The molecule has 0 fully saturated rings. The Morgan fingerprint density at radius 2 is 2.29 bits per heavy atom. The lowest BCUT2D eigenvalue weighted by atomic mass is 10.6. The predicted molar refractivity (Wildman–Crippen MR) is 57.2 cm³/mol. The average molecular weight is 217 g/mol. The van der Waals surface area contributed by atoms with E-state index in [1.54, 1.807) is 24.8 Å². The normalized spacial score (nSPS) is 9.21. The Hall–Kier alpha value is -0.970. The van der Waals surface area contributed by atoms with E-state index in [0.29, 0.717) is 6.54 Å². The smallest absolute Gasteiger partial charge is 0.396 e. The second-order valence-electron chi connectivity index (χ2n) is 2.34. The molecular formula is C9H15NO3S. The van der Waals surface area contributed by atoms with E-state index in [2.05, 4.69) is 16.6 Å². The predicted octanol–water partition coefficient (Wildman–Crippen LogP) is 0.585. The molecule has 0 unspecified atom stereocenters. The van der Waals surface area contributed by atoms with Crippen LogP contribution in [0.2, 0.25) is 0 Å². The summed E-state index contributed by atoms with van der Waals surface area (Å²) in [5, 5.41) is 2.46. The van der Waals surface area contributed by atoms with Crippen molar-refractivity contribution in [1.29, 1.82) is 0 Å². The van der Waals surface area contributed by atoms with Crippen molar-refractivity contribution in [3.8, 4) is 0 Å². The zero-order valence-corrected chi connectivity index (χ0v) is 9.06. The van der Waals surface area contributed by atoms with Crippen molar-refractivity contribution in [2.24, 2.45) is 0 Å². The molecule has 4 nitrogen and oxygen atoms in total. The highest BCUT2D eigenvalue weighted by molar-refractivity contribution is 7.99. The fourth-order valence-corrected chi connectivity index (χ4v) is 1.25. The summed E-state index contributed by atoms with van der Waals surface area (Å²) in [6.45, 7) is 5.91. The summed E-state index contributed by atoms with van der Waals surface area (Å²) in [5.41, 5.74) is 0. The minimum absolute atomic E-state index is 0.220. The Bertz CT molecular complexity index is 206. The molecule has 0 heterocycles. The van der Waals surface area contributed by atoms with Gasteiger partial charge in [0.15, 0.2) is 0 Å². The first-order valence-corrected chi connectivity index (χ1v) is 5.51. The molecule has 0 atom stereocenters. The molecule has 5 heteroatoms. The van der Waals surface area contributed by atoms with Gasteiger partial charge in [-0.15, -0.1) is 6.58 Å². The second kappa shape index (κ2) is 8.62. The Labute approximate surface area is 88.1 Å². The molecule has 0 radical (unpaired) electrons. The van der Waals surface area contributed by atoms with E-state index in [0.717, 1.165) is 11.5 Å². The van der Waals surface area contributed by atoms with Gasteiger partial charge in [0.25, 0.3) is 0 Å². The van der Waals surface area contributed by atoms with Gasteiger partial charge in [-0.1, -0.05) is 6.08 Å². The number of carbonyl (C=O) groups is 2. The second-order valence-corrected chi connectivity index (χ2v) is 3.49. The van der Waals surface area contributed by atoms with Crippen LogP contribution in [0, 0.1) is 0 Å². The highest BCUT2D eigenvalue weighted by atomic mass is 32.2. The van der Waals surface area contributed by atoms with E-state index in [1.165, 1.54) is 0 Å². The van der Waals surface area contributed by atoms with E-state index in [-0.39, 0.29) is 6.61 Å². The average Bonchev–Trinajstić information content (AvgIpc) is 2.17. The van der Waals surface area contributed by atoms with Crippen molar-refractivity contribution in [3.63, 3.8) is 0 Å². The topological polar surface area (TPSA) is 55.4 Å². The molecule has 1 N–H and O–H groups in total. The first-order valence-electron chi connectivity index (χ1n) is 4.36. The number of amides is 1. The maximum atomic E-state index is 11.0. The summed E-state index contributed by atoms with van der Waals surface area (Å²) in [6, 6.07) is 0. The molecule has 0 spiro atoms. The number of thioether (sulfide) groups is 1. The SMILES string of the molecule is C=CCSCCNC(=O)C(=O)OCC. The van der Waals surface area contributed by atoms with Gasteiger partial charge in [-0.05, 0) is 6.92 Å². The zero-order valence-electron chi connectivity index (χ0n) is 8.25. The van der Waals surface area contributed by atoms with Crippen LogP contribution < -0.4 is 5.32 Å². The van der Waals surface area contributed by atoms with Gasteiger partial charge in [0, 0.05) is 18.1 Å². The molecule has 0 saturated heterocycles. The Balaban J connectivity index is 3.43. The van der Waals surface area contributed by atoms with Gasteiger partial charge in [0.05, 0.1) is 6.61 Å². The number of rotatable bonds is 6. The zero-order chi connectivity index (χ0) is 10.8. The molecule has 0 bridgehead atoms. The van der Waals surface area contributed by atoms with Crippen LogP contribution in [0.1, 0.15) is 6.92 Å². The molecule has 0 aliphatic rings. The van der Waals surface area contributed by atoms with Crippen LogP contribution in [0.25, 0.3) is 0 Å². The molecule has 0 rings (SSSR count). The van der Waals surface area contributed by atoms with E-state index in [9.17, 15) is 9.59 Å². The number of carbonyl (C=O) groups excluding carboxylic acids is 2. The lowest BCUT2D eigenvalue weighted by Gasteiger charge is -2.03. The standard InChI is InChI=1S/C9H15NO3S/c1-3-6-14-7-5-10-8(11)9(12)13-4-2/h3H,1,4-7H2,2H3,(H,10,11). The van der Waals surface area contributed by atoms with Gasteiger partial charge in [0.2, 0.25) is 0 Å². The summed E-state index contributed by atoms with van der Waals surface area (Å²) >= 11 is 1.64. The lowest BCUT2D eigenvalue weighted by Crippen LogP contribution is -2.33. The third kappa shape index (κ3) is 6.54. The van der Waals surface area contributed by atoms with Crippen LogP contribution in [-0.2, 0) is 14.3 Å². The summed E-state index contributed by atoms with van der Waals surface area (Å²) in [4.78, 5) is 21.8. The Morgan fingerprint density at radius 3 is 2.86 bits per heavy atom. The fourth-order valence-electron chi connectivity index (χ4n) is 0.672. The van der Waals surface area contributed by atoms with Crippen LogP contribution in [0.5, 0.6) is 0 Å². The molecular weight excluding hydrogens is 202 g/mol. The Morgan fingerprint density at radius 1 is 1.57 bits per heavy atom. The van der Waals surface area contributed by atoms with Crippen LogP contribution in [-0.4, -0.2) is 36.5 Å². The minimum atomic E-state index is -0.818. The van der Waals surface area contributed by atoms with Gasteiger partial charge in [0.1, 0.15) is 0 Å². The summed E-state index contributed by atoms with van der Waals surface area (Å²) < 4.78 is 4.51. The van der Waals surface area contributed by atoms with Crippen LogP contribution >= 0.6 is 11.8 Å². The fraction of sp³-hybridized carbons (Fsp3) is 0.556. The summed E-state index contributed by atoms with van der Waals surface area (Å²) in [5.74, 6) is 0.110. The van der Waals surface area contributed by atoms with E-state index in [4.69, 9.17) is 0 Å². The highest BCUT2D eigenvalue weighted by Crippen LogP contribution is 1.96. The lowest BCUT2D eigenvalue weighted by molar-refractivity contribution is -0.154. The molecule has 0 aliphatic carbocycles. The number of hydrogen-bond acceptors (Lipinski definition) is 4. The number of nitrogens with one attached hydrogen (secondary N) is 1. The van der Waals surface area contributed by atoms with E-state index >= 15 is 0 Å². The molecule has 80 valence electrons. The third-order valence-corrected chi connectivity index (χ3v) is 2.19. The van der Waals surface area contributed by atoms with Crippen molar-refractivity contribution in [1.82, 2.24) is 5.32 Å². The largest absolute Gasteiger partial charge is 0.459 e. The third-order valence-electron chi connectivity index (χ3n) is 1.23. The molecule has 0 aromatic carbocycles. The Kier molecular flexibility index (Phi) is 8.02. The van der Waals surface area contributed by atoms with E-state index < -0.39 is 11.9 Å². The van der Waals surface area contributed by atoms with Gasteiger partial charge < -0.3 is 10.1 Å². The summed E-state index contributed by atoms with van der Waals surface area (Å²) in [6.07, 6.45) is 1.79. The molecule has 1 amide bonds. The number of hydrogen-bond donors (Lipinski definition) is 1. The molecule has 0 aromatic rings. The van der Waals surface area contributed by atoms with Crippen molar-refractivity contribution in [2.75, 3.05) is 24.7 Å². The number of ether oxygens (including phenoxy) is 1. The molecule has 0 saturated carbocycles. The highest BCUT2D eigenvalue weighted by Gasteiger charge is 2.12. The van der Waals surface area contributed by atoms with Crippen LogP contribution in [0.4, 0.5) is 0 Å². The molecule has 14 heavy (non-hydrogen) atoms. The van der Waals surface area contributed by atoms with Crippen molar-refractivity contribution in [2.45, 2.75) is 6.92 Å². The van der Waals surface area contributed by atoms with Crippen molar-refractivity contribution >= 4 is 23.6 Å². The summed E-state index contributed by atoms with van der Waals surface area (Å²) in [7, 11) is 0. The quantitative estimate of drug-likeness (QED) is 0.306. The monoisotopic (exact) mass is 217 g/mol. The number of esters is 1. The molecule has 0 aromatic heterocycles. The molecule has 0 aliphatic heterocycles. The maximum Gasteiger partial charge on any atom is 0.396 e. The minimum Gasteiger partial charge on any atom is -0.459 e. The first-order chi connectivity index (χ1) is 6.72. The van der Waals surface area contributed by atoms with Gasteiger partial charge in [-0.2, -0.15) is 11.8 Å². The maximum absolute atomic E-state index is 11.0. The van der Waals surface area contributed by atoms with Crippen molar-refractivity contribution < 1.29 is 14.3 Å². The van der Waals surface area contributed by atoms with Crippen LogP contribution in [0.3, 0.4) is 0 Å². The van der Waals surface area contributed by atoms with E-state index in [1.807, 2.05) is 0 Å². The van der Waals surface area contributed by atoms with Crippen molar-refractivity contribution in [3.05, 3.63) is 12.7 Å². The van der Waals surface area contributed by atoms with Gasteiger partial charge >= 0.3 is 11.9 Å². The van der Waals surface area contributed by atoms with Gasteiger partial charge in [-0.25, -0.2) is 4.79 Å².